The molecule has 1 fully saturated rings. The summed E-state index contributed by atoms with van der Waals surface area (Å²) in [5, 5.41) is 18.8. The van der Waals surface area contributed by atoms with Gasteiger partial charge in [-0.15, -0.1) is 0 Å². The molecule has 0 aromatic rings. The van der Waals surface area contributed by atoms with Crippen molar-refractivity contribution in [2.24, 2.45) is 16.7 Å². The molecule has 0 aliphatic carbocycles. The molecule has 23 heavy (non-hydrogen) atoms. The second-order valence-corrected chi connectivity index (χ2v) is 7.52. The average Bonchev–Trinajstić information content (AvgIpc) is 3.01. The number of amides is 1. The fourth-order valence-corrected chi connectivity index (χ4v) is 3.50. The van der Waals surface area contributed by atoms with Crippen molar-refractivity contribution in [1.29, 1.82) is 0 Å². The third kappa shape index (κ3) is 4.44. The number of likely N-dealkylation sites (tertiary alicyclic amines) is 1. The lowest BCUT2D eigenvalue weighted by Crippen LogP contribution is -2.44. The number of ether oxygens (including phenoxy) is 1. The molecule has 0 spiro atoms. The van der Waals surface area contributed by atoms with E-state index in [-0.39, 0.29) is 24.4 Å². The van der Waals surface area contributed by atoms with Gasteiger partial charge in [-0.2, -0.15) is 0 Å². The third-order valence-electron chi connectivity index (χ3n) is 5.11. The number of aliphatic hydroxyl groups is 2. The van der Waals surface area contributed by atoms with Crippen LogP contribution in [-0.2, 0) is 14.3 Å². The first-order valence-corrected chi connectivity index (χ1v) is 8.28. The minimum absolute atomic E-state index is 0.0197. The van der Waals surface area contributed by atoms with Gasteiger partial charge in [-0.3, -0.25) is 9.59 Å². The van der Waals surface area contributed by atoms with Crippen molar-refractivity contribution in [3.05, 3.63) is 0 Å². The molecule has 0 saturated carbocycles. The minimum atomic E-state index is -0.785. The number of nitrogens with zero attached hydrogens (tertiary/aromatic N) is 1. The Hall–Kier alpha value is -1.14. The van der Waals surface area contributed by atoms with Crippen LogP contribution in [0, 0.1) is 16.7 Å². The number of hydrogen-bond donors (Lipinski definition) is 2. The van der Waals surface area contributed by atoms with E-state index in [4.69, 9.17) is 9.84 Å². The van der Waals surface area contributed by atoms with Crippen molar-refractivity contribution >= 4 is 11.9 Å². The van der Waals surface area contributed by atoms with E-state index in [0.717, 1.165) is 0 Å². The maximum absolute atomic E-state index is 12.9. The standard InChI is InChI=1S/C17H31NO5/c1-6-17(4,15(22)23-5)11-16(2,3)14(21)18-8-7-12(9-18)13(20)10-19/h12-13,19-20H,6-11H2,1-5H3. The summed E-state index contributed by atoms with van der Waals surface area (Å²) in [5.74, 6) is -0.400. The van der Waals surface area contributed by atoms with E-state index in [0.29, 0.717) is 32.4 Å². The van der Waals surface area contributed by atoms with Gasteiger partial charge in [-0.25, -0.2) is 0 Å². The van der Waals surface area contributed by atoms with E-state index < -0.39 is 16.9 Å². The Morgan fingerprint density at radius 3 is 2.43 bits per heavy atom. The number of aliphatic hydroxyl groups excluding tert-OH is 2. The molecule has 1 rings (SSSR count). The molecule has 0 aromatic heterocycles. The zero-order chi connectivity index (χ0) is 17.8. The lowest BCUT2D eigenvalue weighted by molar-refractivity contribution is -0.156. The van der Waals surface area contributed by atoms with Gasteiger partial charge < -0.3 is 19.8 Å². The first kappa shape index (κ1) is 19.9. The highest BCUT2D eigenvalue weighted by atomic mass is 16.5. The Morgan fingerprint density at radius 1 is 1.35 bits per heavy atom. The zero-order valence-corrected chi connectivity index (χ0v) is 15.0. The Kier molecular flexibility index (Phi) is 6.59. The highest BCUT2D eigenvalue weighted by Crippen LogP contribution is 2.39. The van der Waals surface area contributed by atoms with Gasteiger partial charge in [0.05, 0.1) is 25.2 Å². The van der Waals surface area contributed by atoms with E-state index in [1.807, 2.05) is 27.7 Å². The molecule has 1 aliphatic rings. The van der Waals surface area contributed by atoms with Crippen LogP contribution in [0.5, 0.6) is 0 Å². The lowest BCUT2D eigenvalue weighted by Gasteiger charge is -2.36. The number of methoxy groups -OCH3 is 1. The predicted octanol–water partition coefficient (Wildman–Crippen LogP) is 1.19. The van der Waals surface area contributed by atoms with Gasteiger partial charge >= 0.3 is 5.97 Å². The van der Waals surface area contributed by atoms with Crippen LogP contribution in [0.3, 0.4) is 0 Å². The number of rotatable bonds is 7. The second-order valence-electron chi connectivity index (χ2n) is 7.52. The normalized spacial score (nSPS) is 22.6. The molecular formula is C17H31NO5. The molecule has 2 N–H and O–H groups in total. The SMILES string of the molecule is CCC(C)(CC(C)(C)C(=O)N1CCC(C(O)CO)C1)C(=O)OC. The van der Waals surface area contributed by atoms with Gasteiger partial charge in [0.1, 0.15) is 0 Å². The maximum atomic E-state index is 12.9. The molecule has 3 unspecified atom stereocenters. The highest BCUT2D eigenvalue weighted by Gasteiger charge is 2.44. The summed E-state index contributed by atoms with van der Waals surface area (Å²) in [6, 6.07) is 0. The molecule has 6 heteroatoms. The predicted molar refractivity (Wildman–Crippen MR) is 86.6 cm³/mol. The van der Waals surface area contributed by atoms with Gasteiger partial charge in [-0.1, -0.05) is 20.8 Å². The van der Waals surface area contributed by atoms with Crippen LogP contribution in [0.15, 0.2) is 0 Å². The van der Waals surface area contributed by atoms with Gasteiger partial charge in [0.2, 0.25) is 5.91 Å². The first-order chi connectivity index (χ1) is 10.6. The third-order valence-corrected chi connectivity index (χ3v) is 5.11. The van der Waals surface area contributed by atoms with E-state index in [1.165, 1.54) is 7.11 Å². The number of carbonyl (C=O) groups is 2. The zero-order valence-electron chi connectivity index (χ0n) is 15.0. The van der Waals surface area contributed by atoms with Crippen LogP contribution in [0.25, 0.3) is 0 Å². The molecule has 1 amide bonds. The van der Waals surface area contributed by atoms with Gasteiger partial charge in [0.25, 0.3) is 0 Å². The van der Waals surface area contributed by atoms with Gasteiger partial charge in [-0.05, 0) is 26.2 Å². The minimum Gasteiger partial charge on any atom is -0.469 e. The number of carbonyl (C=O) groups excluding carboxylic acids is 2. The quantitative estimate of drug-likeness (QED) is 0.685. The van der Waals surface area contributed by atoms with Crippen molar-refractivity contribution in [1.82, 2.24) is 4.90 Å². The summed E-state index contributed by atoms with van der Waals surface area (Å²) >= 11 is 0. The van der Waals surface area contributed by atoms with Crippen LogP contribution in [0.2, 0.25) is 0 Å². The molecule has 6 nitrogen and oxygen atoms in total. The van der Waals surface area contributed by atoms with Crippen molar-refractivity contribution in [2.75, 3.05) is 26.8 Å². The molecule has 0 radical (unpaired) electrons. The second kappa shape index (κ2) is 7.62. The van der Waals surface area contributed by atoms with Gasteiger partial charge in [0, 0.05) is 24.4 Å². The largest absolute Gasteiger partial charge is 0.469 e. The summed E-state index contributed by atoms with van der Waals surface area (Å²) in [6.45, 7) is 8.18. The van der Waals surface area contributed by atoms with Crippen molar-refractivity contribution in [3.8, 4) is 0 Å². The molecule has 0 bridgehead atoms. The van der Waals surface area contributed by atoms with E-state index in [2.05, 4.69) is 0 Å². The van der Waals surface area contributed by atoms with Crippen LogP contribution in [0.4, 0.5) is 0 Å². The first-order valence-electron chi connectivity index (χ1n) is 8.28. The van der Waals surface area contributed by atoms with Crippen LogP contribution in [-0.4, -0.2) is 59.9 Å². The topological polar surface area (TPSA) is 87.1 Å². The molecule has 3 atom stereocenters. The molecule has 1 aliphatic heterocycles. The Labute approximate surface area is 138 Å². The van der Waals surface area contributed by atoms with Crippen LogP contribution < -0.4 is 0 Å². The van der Waals surface area contributed by atoms with E-state index in [1.54, 1.807) is 4.90 Å². The number of esters is 1. The molecule has 1 saturated heterocycles. The fourth-order valence-electron chi connectivity index (χ4n) is 3.50. The average molecular weight is 329 g/mol. The molecule has 134 valence electrons. The molecule has 0 aromatic carbocycles. The smallest absolute Gasteiger partial charge is 0.311 e. The van der Waals surface area contributed by atoms with Crippen LogP contribution >= 0.6 is 0 Å². The monoisotopic (exact) mass is 329 g/mol. The highest BCUT2D eigenvalue weighted by molar-refractivity contribution is 5.84. The van der Waals surface area contributed by atoms with Crippen molar-refractivity contribution in [3.63, 3.8) is 0 Å². The lowest BCUT2D eigenvalue weighted by atomic mass is 9.71. The summed E-state index contributed by atoms with van der Waals surface area (Å²) < 4.78 is 4.90. The summed E-state index contributed by atoms with van der Waals surface area (Å²) in [7, 11) is 1.37. The van der Waals surface area contributed by atoms with Gasteiger partial charge in [0.15, 0.2) is 0 Å². The van der Waals surface area contributed by atoms with Crippen LogP contribution in [0.1, 0.15) is 47.0 Å². The van der Waals surface area contributed by atoms with E-state index >= 15 is 0 Å². The van der Waals surface area contributed by atoms with Crippen molar-refractivity contribution < 1.29 is 24.5 Å². The molecule has 1 heterocycles. The fraction of sp³-hybridized carbons (Fsp3) is 0.882. The maximum Gasteiger partial charge on any atom is 0.311 e. The molecular weight excluding hydrogens is 298 g/mol. The van der Waals surface area contributed by atoms with E-state index in [9.17, 15) is 14.7 Å². The van der Waals surface area contributed by atoms with Crippen molar-refractivity contribution in [2.45, 2.75) is 53.1 Å². The summed E-state index contributed by atoms with van der Waals surface area (Å²) in [6.07, 6.45) is 0.909. The Bertz CT molecular complexity index is 437. The summed E-state index contributed by atoms with van der Waals surface area (Å²) in [4.78, 5) is 26.6. The Morgan fingerprint density at radius 2 is 1.96 bits per heavy atom. The Balaban J connectivity index is 2.80. The number of hydrogen-bond acceptors (Lipinski definition) is 5. The summed E-state index contributed by atoms with van der Waals surface area (Å²) in [5.41, 5.74) is -1.39.